The van der Waals surface area contributed by atoms with E-state index in [0.717, 1.165) is 41.9 Å². The number of nitrogens with zero attached hydrogens (tertiary/aromatic N) is 2. The molecule has 2 heterocycles. The first-order chi connectivity index (χ1) is 10.6. The van der Waals surface area contributed by atoms with Crippen molar-refractivity contribution in [1.29, 1.82) is 0 Å². The summed E-state index contributed by atoms with van der Waals surface area (Å²) >= 11 is 0. The van der Waals surface area contributed by atoms with Gasteiger partial charge in [0, 0.05) is 24.5 Å². The molecule has 116 valence electrons. The molecule has 1 aliphatic heterocycles. The second-order valence-electron chi connectivity index (χ2n) is 6.21. The van der Waals surface area contributed by atoms with E-state index in [9.17, 15) is 0 Å². The molecule has 1 aromatic carbocycles. The highest BCUT2D eigenvalue weighted by molar-refractivity contribution is 5.62. The number of benzene rings is 1. The molecule has 3 N–H and O–H groups in total. The number of aryl methyl sites for hydroxylation is 1. The van der Waals surface area contributed by atoms with Crippen LogP contribution >= 0.6 is 0 Å². The number of nitrogens with two attached hydrogens (primary N) is 1. The number of anilines is 4. The summed E-state index contributed by atoms with van der Waals surface area (Å²) in [4.78, 5) is 6.91. The summed E-state index contributed by atoms with van der Waals surface area (Å²) in [6.07, 6.45) is 2.57. The van der Waals surface area contributed by atoms with Crippen LogP contribution < -0.4 is 16.0 Å². The Morgan fingerprint density at radius 1 is 1.09 bits per heavy atom. The first kappa shape index (κ1) is 14.7. The van der Waals surface area contributed by atoms with Gasteiger partial charge in [0.2, 0.25) is 0 Å². The van der Waals surface area contributed by atoms with Crippen LogP contribution in [-0.4, -0.2) is 18.1 Å². The van der Waals surface area contributed by atoms with Gasteiger partial charge in [0.05, 0.1) is 11.4 Å². The Kier molecular flexibility index (Phi) is 4.18. The molecule has 1 saturated heterocycles. The third-order valence-corrected chi connectivity index (χ3v) is 4.42. The Hall–Kier alpha value is -2.23. The molecule has 2 aromatic rings. The van der Waals surface area contributed by atoms with Crippen molar-refractivity contribution in [2.45, 2.75) is 26.7 Å². The summed E-state index contributed by atoms with van der Waals surface area (Å²) in [5.41, 5.74) is 9.72. The number of pyridine rings is 1. The van der Waals surface area contributed by atoms with Gasteiger partial charge in [0.25, 0.3) is 0 Å². The van der Waals surface area contributed by atoms with Crippen LogP contribution in [0.25, 0.3) is 0 Å². The summed E-state index contributed by atoms with van der Waals surface area (Å²) in [5.74, 6) is 1.68. The molecular formula is C18H24N4. The molecule has 0 spiro atoms. The van der Waals surface area contributed by atoms with E-state index in [1.165, 1.54) is 18.5 Å². The maximum atomic E-state index is 5.80. The maximum Gasteiger partial charge on any atom is 0.130 e. The van der Waals surface area contributed by atoms with Gasteiger partial charge >= 0.3 is 0 Å². The maximum absolute atomic E-state index is 5.80. The highest BCUT2D eigenvalue weighted by Gasteiger charge is 2.15. The minimum Gasteiger partial charge on any atom is -0.397 e. The Labute approximate surface area is 132 Å². The number of aromatic nitrogens is 1. The van der Waals surface area contributed by atoms with Gasteiger partial charge in [-0.3, -0.25) is 0 Å². The number of nitrogen functional groups attached to an aromatic ring is 1. The molecular weight excluding hydrogens is 272 g/mol. The first-order valence-corrected chi connectivity index (χ1v) is 7.97. The molecule has 4 heteroatoms. The standard InChI is InChI=1S/C18H24N4/c1-13-9-11-22(12-10-13)16-5-3-15(4-6-16)21-18-8-7-17(19)14(2)20-18/h3-8,13H,9-12,19H2,1-2H3,(H,20,21). The molecule has 0 saturated carbocycles. The topological polar surface area (TPSA) is 54.2 Å². The second kappa shape index (κ2) is 6.26. The van der Waals surface area contributed by atoms with Crippen LogP contribution in [0, 0.1) is 12.8 Å². The second-order valence-corrected chi connectivity index (χ2v) is 6.21. The van der Waals surface area contributed by atoms with Crippen molar-refractivity contribution in [1.82, 2.24) is 4.98 Å². The first-order valence-electron chi connectivity index (χ1n) is 7.97. The molecule has 1 fully saturated rings. The predicted molar refractivity (Wildman–Crippen MR) is 93.7 cm³/mol. The van der Waals surface area contributed by atoms with Crippen LogP contribution in [0.15, 0.2) is 36.4 Å². The number of hydrogen-bond acceptors (Lipinski definition) is 4. The lowest BCUT2D eigenvalue weighted by atomic mass is 9.99. The van der Waals surface area contributed by atoms with Crippen LogP contribution in [0.4, 0.5) is 22.9 Å². The monoisotopic (exact) mass is 296 g/mol. The minimum absolute atomic E-state index is 0.722. The molecule has 22 heavy (non-hydrogen) atoms. The molecule has 4 nitrogen and oxygen atoms in total. The van der Waals surface area contributed by atoms with Crippen molar-refractivity contribution in [3.05, 3.63) is 42.1 Å². The molecule has 1 aliphatic rings. The van der Waals surface area contributed by atoms with E-state index in [1.807, 2.05) is 19.1 Å². The quantitative estimate of drug-likeness (QED) is 0.900. The van der Waals surface area contributed by atoms with Crippen molar-refractivity contribution in [2.75, 3.05) is 29.0 Å². The van der Waals surface area contributed by atoms with Crippen LogP contribution in [0.2, 0.25) is 0 Å². The molecule has 0 amide bonds. The number of nitrogens with one attached hydrogen (secondary N) is 1. The lowest BCUT2D eigenvalue weighted by Crippen LogP contribution is -2.32. The zero-order valence-corrected chi connectivity index (χ0v) is 13.3. The fourth-order valence-electron chi connectivity index (χ4n) is 2.81. The van der Waals surface area contributed by atoms with Gasteiger partial charge in [0.15, 0.2) is 0 Å². The summed E-state index contributed by atoms with van der Waals surface area (Å²) < 4.78 is 0. The van der Waals surface area contributed by atoms with Gasteiger partial charge in [-0.25, -0.2) is 4.98 Å². The Bertz CT molecular complexity index is 628. The van der Waals surface area contributed by atoms with E-state index in [1.54, 1.807) is 0 Å². The Morgan fingerprint density at radius 2 is 1.77 bits per heavy atom. The van der Waals surface area contributed by atoms with Crippen molar-refractivity contribution in [2.24, 2.45) is 5.92 Å². The van der Waals surface area contributed by atoms with Gasteiger partial charge < -0.3 is 16.0 Å². The van der Waals surface area contributed by atoms with Crippen molar-refractivity contribution in [3.63, 3.8) is 0 Å². The van der Waals surface area contributed by atoms with Gasteiger partial charge in [-0.05, 0) is 62.1 Å². The van der Waals surface area contributed by atoms with Crippen molar-refractivity contribution < 1.29 is 0 Å². The molecule has 0 aliphatic carbocycles. The zero-order valence-electron chi connectivity index (χ0n) is 13.3. The highest BCUT2D eigenvalue weighted by Crippen LogP contribution is 2.25. The fourth-order valence-corrected chi connectivity index (χ4v) is 2.81. The van der Waals surface area contributed by atoms with E-state index in [2.05, 4.69) is 46.4 Å². The van der Waals surface area contributed by atoms with E-state index in [4.69, 9.17) is 5.73 Å². The van der Waals surface area contributed by atoms with Gasteiger partial charge in [0.1, 0.15) is 5.82 Å². The van der Waals surface area contributed by atoms with E-state index in [-0.39, 0.29) is 0 Å². The zero-order chi connectivity index (χ0) is 15.5. The summed E-state index contributed by atoms with van der Waals surface area (Å²) in [6.45, 7) is 6.58. The lowest BCUT2D eigenvalue weighted by molar-refractivity contribution is 0.438. The minimum atomic E-state index is 0.722. The number of hydrogen-bond donors (Lipinski definition) is 2. The third kappa shape index (κ3) is 3.32. The van der Waals surface area contributed by atoms with E-state index >= 15 is 0 Å². The molecule has 1 aromatic heterocycles. The average Bonchev–Trinajstić information content (AvgIpc) is 2.53. The molecule has 0 unspecified atom stereocenters. The smallest absolute Gasteiger partial charge is 0.130 e. The van der Waals surface area contributed by atoms with Crippen LogP contribution in [0.3, 0.4) is 0 Å². The average molecular weight is 296 g/mol. The molecule has 0 atom stereocenters. The van der Waals surface area contributed by atoms with Crippen LogP contribution in [0.5, 0.6) is 0 Å². The highest BCUT2D eigenvalue weighted by atomic mass is 15.1. The summed E-state index contributed by atoms with van der Waals surface area (Å²) in [6, 6.07) is 12.4. The van der Waals surface area contributed by atoms with Crippen molar-refractivity contribution >= 4 is 22.9 Å². The Balaban J connectivity index is 1.67. The number of piperidine rings is 1. The van der Waals surface area contributed by atoms with Gasteiger partial charge in [-0.15, -0.1) is 0 Å². The van der Waals surface area contributed by atoms with E-state index < -0.39 is 0 Å². The summed E-state index contributed by atoms with van der Waals surface area (Å²) in [5, 5.41) is 3.32. The fraction of sp³-hybridized carbons (Fsp3) is 0.389. The SMILES string of the molecule is Cc1nc(Nc2ccc(N3CCC(C)CC3)cc2)ccc1N. The number of rotatable bonds is 3. The largest absolute Gasteiger partial charge is 0.397 e. The van der Waals surface area contributed by atoms with Crippen LogP contribution in [-0.2, 0) is 0 Å². The normalized spacial score (nSPS) is 15.8. The molecule has 0 bridgehead atoms. The van der Waals surface area contributed by atoms with Crippen molar-refractivity contribution in [3.8, 4) is 0 Å². The van der Waals surface area contributed by atoms with Gasteiger partial charge in [-0.1, -0.05) is 6.92 Å². The Morgan fingerprint density at radius 3 is 2.41 bits per heavy atom. The van der Waals surface area contributed by atoms with Crippen LogP contribution in [0.1, 0.15) is 25.5 Å². The summed E-state index contributed by atoms with van der Waals surface area (Å²) in [7, 11) is 0. The molecule has 3 rings (SSSR count). The lowest BCUT2D eigenvalue weighted by Gasteiger charge is -2.32. The van der Waals surface area contributed by atoms with Gasteiger partial charge in [-0.2, -0.15) is 0 Å². The third-order valence-electron chi connectivity index (χ3n) is 4.42. The molecule has 0 radical (unpaired) electrons. The predicted octanol–water partition coefficient (Wildman–Crippen LogP) is 3.95. The van der Waals surface area contributed by atoms with E-state index in [0.29, 0.717) is 0 Å².